The fourth-order valence-electron chi connectivity index (χ4n) is 2.49. The van der Waals surface area contributed by atoms with Crippen LogP contribution in [0.5, 0.6) is 0 Å². The van der Waals surface area contributed by atoms with Crippen LogP contribution in [0.3, 0.4) is 0 Å². The number of ether oxygens (including phenoxy) is 6. The zero-order valence-corrected chi connectivity index (χ0v) is 15.6. The maximum absolute atomic E-state index is 11.6. The van der Waals surface area contributed by atoms with Gasteiger partial charge in [-0.05, 0) is 0 Å². The third-order valence-corrected chi connectivity index (χ3v) is 3.21. The van der Waals surface area contributed by atoms with Crippen molar-refractivity contribution < 1.29 is 52.4 Å². The average molecular weight is 390 g/mol. The molecule has 0 spiro atoms. The molecule has 1 heterocycles. The van der Waals surface area contributed by atoms with E-state index in [2.05, 4.69) is 0 Å². The topological polar surface area (TPSA) is 141 Å². The fourth-order valence-corrected chi connectivity index (χ4v) is 2.49. The third-order valence-electron chi connectivity index (χ3n) is 3.21. The van der Waals surface area contributed by atoms with Crippen molar-refractivity contribution in [2.24, 2.45) is 0 Å². The summed E-state index contributed by atoms with van der Waals surface area (Å²) >= 11 is 0. The van der Waals surface area contributed by atoms with Gasteiger partial charge in [0, 0.05) is 34.6 Å². The molecule has 0 N–H and O–H groups in total. The maximum Gasteiger partial charge on any atom is 0.305 e. The van der Waals surface area contributed by atoms with Gasteiger partial charge >= 0.3 is 29.8 Å². The summed E-state index contributed by atoms with van der Waals surface area (Å²) < 4.78 is 30.9. The van der Waals surface area contributed by atoms with E-state index in [4.69, 9.17) is 28.4 Å². The van der Waals surface area contributed by atoms with Crippen LogP contribution in [-0.4, -0.2) is 67.2 Å². The molecule has 0 unspecified atom stereocenters. The van der Waals surface area contributed by atoms with Crippen LogP contribution in [0.4, 0.5) is 0 Å². The van der Waals surface area contributed by atoms with Crippen LogP contribution in [0.2, 0.25) is 0 Å². The van der Waals surface area contributed by atoms with Crippen LogP contribution in [0.1, 0.15) is 34.6 Å². The van der Waals surface area contributed by atoms with E-state index in [1.54, 1.807) is 0 Å². The van der Waals surface area contributed by atoms with E-state index in [1.807, 2.05) is 0 Å². The molecule has 0 radical (unpaired) electrons. The first-order chi connectivity index (χ1) is 12.5. The molecule has 0 aromatic heterocycles. The van der Waals surface area contributed by atoms with E-state index in [1.165, 1.54) is 0 Å². The average Bonchev–Trinajstić information content (AvgIpc) is 2.59. The largest absolute Gasteiger partial charge is 0.456 e. The first-order valence-corrected chi connectivity index (χ1v) is 7.99. The molecule has 11 heteroatoms. The van der Waals surface area contributed by atoms with Crippen LogP contribution in [-0.2, 0) is 52.4 Å². The Morgan fingerprint density at radius 2 is 1.00 bits per heavy atom. The van der Waals surface area contributed by atoms with Gasteiger partial charge in [-0.2, -0.15) is 0 Å². The van der Waals surface area contributed by atoms with Crippen LogP contribution in [0.25, 0.3) is 0 Å². The minimum atomic E-state index is -1.49. The van der Waals surface area contributed by atoms with Gasteiger partial charge in [0.25, 0.3) is 0 Å². The Labute approximate surface area is 155 Å². The van der Waals surface area contributed by atoms with Gasteiger partial charge in [0.05, 0.1) is 6.61 Å². The zero-order valence-electron chi connectivity index (χ0n) is 15.6. The quantitative estimate of drug-likeness (QED) is 0.448. The van der Waals surface area contributed by atoms with Crippen molar-refractivity contribution in [1.29, 1.82) is 0 Å². The van der Waals surface area contributed by atoms with Gasteiger partial charge in [0.1, 0.15) is 0 Å². The normalized spacial score (nSPS) is 27.5. The molecular formula is C16H22O11. The van der Waals surface area contributed by atoms with E-state index in [0.29, 0.717) is 0 Å². The van der Waals surface area contributed by atoms with Crippen molar-refractivity contribution in [1.82, 2.24) is 0 Å². The van der Waals surface area contributed by atoms with Crippen molar-refractivity contribution >= 4 is 29.8 Å². The Morgan fingerprint density at radius 3 is 1.44 bits per heavy atom. The lowest BCUT2D eigenvalue weighted by Crippen LogP contribution is -2.53. The van der Waals surface area contributed by atoms with Gasteiger partial charge < -0.3 is 28.4 Å². The number of esters is 5. The third kappa shape index (κ3) is 7.21. The summed E-state index contributed by atoms with van der Waals surface area (Å²) in [7, 11) is 0. The van der Waals surface area contributed by atoms with Crippen LogP contribution in [0.15, 0.2) is 0 Å². The summed E-state index contributed by atoms with van der Waals surface area (Å²) in [5.41, 5.74) is 0. The molecule has 1 saturated heterocycles. The SMILES string of the molecule is CC(=O)O[C@H]1OC[C@@H](OC(C)=O)[C@@H](OC(C)=O)[C@H](OC(C)=O)[C@H]1OC(C)=O. The molecular weight excluding hydrogens is 368 g/mol. The minimum Gasteiger partial charge on any atom is -0.456 e. The summed E-state index contributed by atoms with van der Waals surface area (Å²) in [5.74, 6) is -3.88. The molecule has 1 aliphatic rings. The van der Waals surface area contributed by atoms with Crippen molar-refractivity contribution in [3.8, 4) is 0 Å². The highest BCUT2D eigenvalue weighted by Crippen LogP contribution is 2.27. The predicted octanol–water partition coefficient (Wildman–Crippen LogP) is -0.367. The fraction of sp³-hybridized carbons (Fsp3) is 0.688. The standard InChI is InChI=1S/C16H22O11/c1-7(17)23-12-6-22-16(27-11(5)21)15(26-10(4)20)14(25-9(3)19)13(12)24-8(2)18/h12-16H,6H2,1-5H3/t12-,13-,14+,15-,16-/m1/s1. The van der Waals surface area contributed by atoms with Crippen molar-refractivity contribution in [2.45, 2.75) is 65.3 Å². The van der Waals surface area contributed by atoms with Crippen molar-refractivity contribution in [3.05, 3.63) is 0 Å². The number of hydrogen-bond donors (Lipinski definition) is 0. The van der Waals surface area contributed by atoms with Crippen molar-refractivity contribution in [3.63, 3.8) is 0 Å². The lowest BCUT2D eigenvalue weighted by molar-refractivity contribution is -0.226. The lowest BCUT2D eigenvalue weighted by atomic mass is 10.0. The molecule has 0 bridgehead atoms. The lowest BCUT2D eigenvalue weighted by Gasteiger charge is -2.33. The van der Waals surface area contributed by atoms with Crippen LogP contribution < -0.4 is 0 Å². The minimum absolute atomic E-state index is 0.384. The van der Waals surface area contributed by atoms with Crippen LogP contribution in [0, 0.1) is 0 Å². The summed E-state index contributed by atoms with van der Waals surface area (Å²) in [6, 6.07) is 0. The Morgan fingerprint density at radius 1 is 0.593 bits per heavy atom. The maximum atomic E-state index is 11.6. The highest BCUT2D eigenvalue weighted by Gasteiger charge is 2.51. The first-order valence-electron chi connectivity index (χ1n) is 7.99. The van der Waals surface area contributed by atoms with E-state index in [9.17, 15) is 24.0 Å². The van der Waals surface area contributed by atoms with Crippen molar-refractivity contribution in [2.75, 3.05) is 6.61 Å². The molecule has 1 rings (SSSR count). The Bertz CT molecular complexity index is 555. The Balaban J connectivity index is 3.40. The molecule has 1 fully saturated rings. The van der Waals surface area contributed by atoms with Gasteiger partial charge in [-0.1, -0.05) is 0 Å². The van der Waals surface area contributed by atoms with Gasteiger partial charge in [-0.25, -0.2) is 0 Å². The Hall–Kier alpha value is -2.69. The molecule has 0 aliphatic carbocycles. The molecule has 27 heavy (non-hydrogen) atoms. The predicted molar refractivity (Wildman–Crippen MR) is 83.7 cm³/mol. The van der Waals surface area contributed by atoms with E-state index < -0.39 is 60.6 Å². The molecule has 0 aromatic rings. The van der Waals surface area contributed by atoms with Gasteiger partial charge in [-0.3, -0.25) is 24.0 Å². The monoisotopic (exact) mass is 390 g/mol. The second kappa shape index (κ2) is 9.86. The van der Waals surface area contributed by atoms with E-state index >= 15 is 0 Å². The highest BCUT2D eigenvalue weighted by molar-refractivity contribution is 5.69. The summed E-state index contributed by atoms with van der Waals surface area (Å²) in [6.07, 6.45) is -7.02. The number of carbonyl (C=O) groups excluding carboxylic acids is 5. The van der Waals surface area contributed by atoms with Gasteiger partial charge in [0.2, 0.25) is 12.4 Å². The highest BCUT2D eigenvalue weighted by atomic mass is 16.7. The molecule has 152 valence electrons. The Kier molecular flexibility index (Phi) is 8.16. The number of carbonyl (C=O) groups is 5. The van der Waals surface area contributed by atoms with E-state index in [-0.39, 0.29) is 6.61 Å². The number of rotatable bonds is 5. The van der Waals surface area contributed by atoms with Crippen LogP contribution >= 0.6 is 0 Å². The van der Waals surface area contributed by atoms with Gasteiger partial charge in [0.15, 0.2) is 18.3 Å². The summed E-state index contributed by atoms with van der Waals surface area (Å²) in [4.78, 5) is 57.4. The summed E-state index contributed by atoms with van der Waals surface area (Å²) in [5, 5.41) is 0. The molecule has 0 aromatic carbocycles. The first kappa shape index (κ1) is 22.4. The number of hydrogen-bond acceptors (Lipinski definition) is 11. The molecule has 11 nitrogen and oxygen atoms in total. The molecule has 5 atom stereocenters. The van der Waals surface area contributed by atoms with E-state index in [0.717, 1.165) is 34.6 Å². The molecule has 1 aliphatic heterocycles. The summed E-state index contributed by atoms with van der Waals surface area (Å²) in [6.45, 7) is 5.06. The zero-order chi connectivity index (χ0) is 20.7. The smallest absolute Gasteiger partial charge is 0.305 e. The van der Waals surface area contributed by atoms with Gasteiger partial charge in [-0.15, -0.1) is 0 Å². The molecule has 0 amide bonds. The second-order valence-corrected chi connectivity index (χ2v) is 5.68. The molecule has 0 saturated carbocycles. The second-order valence-electron chi connectivity index (χ2n) is 5.68.